The number of carbonyl (C=O) groups is 2. The quantitative estimate of drug-likeness (QED) is 0.716. The first kappa shape index (κ1) is 10.9. The summed E-state index contributed by atoms with van der Waals surface area (Å²) in [6.07, 6.45) is 0. The Labute approximate surface area is 86.1 Å². The Balaban J connectivity index is 2.64. The third-order valence-corrected chi connectivity index (χ3v) is 1.55. The number of furan rings is 1. The second kappa shape index (κ2) is 4.86. The predicted molar refractivity (Wildman–Crippen MR) is 51.5 cm³/mol. The van der Waals surface area contributed by atoms with E-state index < -0.39 is 11.9 Å². The van der Waals surface area contributed by atoms with E-state index in [9.17, 15) is 9.59 Å². The molecular formula is C10H9NO4. The highest BCUT2D eigenvalue weighted by molar-refractivity contribution is 5.93. The highest BCUT2D eigenvalue weighted by Crippen LogP contribution is 2.07. The molecule has 0 aromatic carbocycles. The smallest absolute Gasteiger partial charge is 0.371 e. The van der Waals surface area contributed by atoms with Crippen molar-refractivity contribution in [2.24, 2.45) is 0 Å². The standard InChI is InChI=1S/C10H9NO4/c1-2-3-6-11-9(12)7-4-5-8(15-7)10(13)14/h4-5H,6H2,1H3,(H,11,12)(H,13,14). The molecule has 1 heterocycles. The molecule has 1 aromatic rings. The number of hydrogen-bond acceptors (Lipinski definition) is 3. The van der Waals surface area contributed by atoms with E-state index in [1.165, 1.54) is 12.1 Å². The summed E-state index contributed by atoms with van der Waals surface area (Å²) in [5, 5.41) is 11.0. The summed E-state index contributed by atoms with van der Waals surface area (Å²) in [5.41, 5.74) is 0. The first-order chi connectivity index (χ1) is 7.15. The zero-order chi connectivity index (χ0) is 11.3. The molecule has 1 aromatic heterocycles. The van der Waals surface area contributed by atoms with Crippen molar-refractivity contribution in [3.05, 3.63) is 23.7 Å². The summed E-state index contributed by atoms with van der Waals surface area (Å²) < 4.78 is 4.78. The summed E-state index contributed by atoms with van der Waals surface area (Å²) in [7, 11) is 0. The van der Waals surface area contributed by atoms with Crippen LogP contribution in [0.4, 0.5) is 0 Å². The molecule has 0 aliphatic rings. The van der Waals surface area contributed by atoms with Gasteiger partial charge in [0.05, 0.1) is 6.54 Å². The Kier molecular flexibility index (Phi) is 3.52. The second-order valence-corrected chi connectivity index (χ2v) is 2.58. The van der Waals surface area contributed by atoms with Gasteiger partial charge in [-0.3, -0.25) is 4.79 Å². The van der Waals surface area contributed by atoms with E-state index in [1.807, 2.05) is 0 Å². The molecule has 0 fully saturated rings. The molecule has 5 nitrogen and oxygen atoms in total. The van der Waals surface area contributed by atoms with Crippen LogP contribution < -0.4 is 5.32 Å². The van der Waals surface area contributed by atoms with E-state index in [0.29, 0.717) is 0 Å². The monoisotopic (exact) mass is 207 g/mol. The molecule has 0 atom stereocenters. The van der Waals surface area contributed by atoms with E-state index >= 15 is 0 Å². The number of rotatable bonds is 3. The van der Waals surface area contributed by atoms with E-state index in [4.69, 9.17) is 9.52 Å². The first-order valence-corrected chi connectivity index (χ1v) is 4.16. The van der Waals surface area contributed by atoms with Gasteiger partial charge < -0.3 is 14.8 Å². The van der Waals surface area contributed by atoms with Gasteiger partial charge in [-0.05, 0) is 19.1 Å². The molecule has 5 heteroatoms. The van der Waals surface area contributed by atoms with Crippen molar-refractivity contribution in [3.8, 4) is 11.8 Å². The zero-order valence-corrected chi connectivity index (χ0v) is 8.03. The Bertz CT molecular complexity index is 436. The van der Waals surface area contributed by atoms with Gasteiger partial charge in [-0.15, -0.1) is 5.92 Å². The number of nitrogens with one attached hydrogen (secondary N) is 1. The third-order valence-electron chi connectivity index (χ3n) is 1.55. The molecule has 1 amide bonds. The summed E-state index contributed by atoms with van der Waals surface area (Å²) in [6, 6.07) is 2.53. The third kappa shape index (κ3) is 2.88. The van der Waals surface area contributed by atoms with Crippen LogP contribution in [-0.2, 0) is 0 Å². The molecule has 0 saturated heterocycles. The molecule has 0 radical (unpaired) electrons. The minimum Gasteiger partial charge on any atom is -0.475 e. The van der Waals surface area contributed by atoms with Gasteiger partial charge >= 0.3 is 5.97 Å². The molecule has 0 aliphatic carbocycles. The lowest BCUT2D eigenvalue weighted by Crippen LogP contribution is -2.23. The van der Waals surface area contributed by atoms with Gasteiger partial charge in [-0.2, -0.15) is 0 Å². The van der Waals surface area contributed by atoms with Gasteiger partial charge in [-0.1, -0.05) is 5.92 Å². The lowest BCUT2D eigenvalue weighted by Gasteiger charge is -1.96. The van der Waals surface area contributed by atoms with Crippen LogP contribution in [0, 0.1) is 11.8 Å². The van der Waals surface area contributed by atoms with E-state index in [2.05, 4.69) is 17.2 Å². The Morgan fingerprint density at radius 3 is 2.67 bits per heavy atom. The van der Waals surface area contributed by atoms with Crippen LogP contribution >= 0.6 is 0 Å². The van der Waals surface area contributed by atoms with Crippen molar-refractivity contribution >= 4 is 11.9 Å². The van der Waals surface area contributed by atoms with E-state index in [1.54, 1.807) is 6.92 Å². The van der Waals surface area contributed by atoms with Gasteiger partial charge in [0, 0.05) is 0 Å². The number of aromatic carboxylic acids is 1. The molecule has 1 rings (SSSR count). The summed E-state index contributed by atoms with van der Waals surface area (Å²) in [4.78, 5) is 21.7. The van der Waals surface area contributed by atoms with Crippen LogP contribution in [0.3, 0.4) is 0 Å². The highest BCUT2D eigenvalue weighted by Gasteiger charge is 2.13. The van der Waals surface area contributed by atoms with Crippen molar-refractivity contribution in [2.45, 2.75) is 6.92 Å². The summed E-state index contributed by atoms with van der Waals surface area (Å²) >= 11 is 0. The SMILES string of the molecule is CC#CCNC(=O)c1ccc(C(=O)O)o1. The molecule has 15 heavy (non-hydrogen) atoms. The highest BCUT2D eigenvalue weighted by atomic mass is 16.4. The maximum absolute atomic E-state index is 11.3. The molecular weight excluding hydrogens is 198 g/mol. The van der Waals surface area contributed by atoms with Crippen molar-refractivity contribution in [1.29, 1.82) is 0 Å². The number of carboxylic acid groups (broad SMARTS) is 1. The van der Waals surface area contributed by atoms with Crippen molar-refractivity contribution < 1.29 is 19.1 Å². The minimum absolute atomic E-state index is 0.0368. The van der Waals surface area contributed by atoms with E-state index in [-0.39, 0.29) is 18.1 Å². The molecule has 0 spiro atoms. The second-order valence-electron chi connectivity index (χ2n) is 2.58. The predicted octanol–water partition coefficient (Wildman–Crippen LogP) is 0.731. The molecule has 78 valence electrons. The van der Waals surface area contributed by atoms with Crippen LogP contribution in [-0.4, -0.2) is 23.5 Å². The lowest BCUT2D eigenvalue weighted by atomic mass is 10.4. The van der Waals surface area contributed by atoms with Crippen LogP contribution in [0.2, 0.25) is 0 Å². The average Bonchev–Trinajstić information content (AvgIpc) is 2.66. The van der Waals surface area contributed by atoms with Crippen LogP contribution in [0.5, 0.6) is 0 Å². The number of amides is 1. The van der Waals surface area contributed by atoms with E-state index in [0.717, 1.165) is 0 Å². The Morgan fingerprint density at radius 1 is 1.47 bits per heavy atom. The maximum Gasteiger partial charge on any atom is 0.371 e. The molecule has 0 aliphatic heterocycles. The number of carboxylic acids is 1. The normalized spacial score (nSPS) is 8.87. The number of carbonyl (C=O) groups excluding carboxylic acids is 1. The summed E-state index contributed by atoms with van der Waals surface area (Å²) in [6.45, 7) is 1.86. The Morgan fingerprint density at radius 2 is 2.13 bits per heavy atom. The molecule has 0 bridgehead atoms. The van der Waals surface area contributed by atoms with Crippen molar-refractivity contribution in [2.75, 3.05) is 6.54 Å². The summed E-state index contributed by atoms with van der Waals surface area (Å²) in [5.74, 6) is 3.26. The maximum atomic E-state index is 11.3. The fourth-order valence-electron chi connectivity index (χ4n) is 0.875. The largest absolute Gasteiger partial charge is 0.475 e. The van der Waals surface area contributed by atoms with Gasteiger partial charge in [0.1, 0.15) is 0 Å². The zero-order valence-electron chi connectivity index (χ0n) is 8.03. The van der Waals surface area contributed by atoms with Crippen molar-refractivity contribution in [3.63, 3.8) is 0 Å². The molecule has 2 N–H and O–H groups in total. The Hall–Kier alpha value is -2.22. The van der Waals surface area contributed by atoms with Crippen LogP contribution in [0.25, 0.3) is 0 Å². The van der Waals surface area contributed by atoms with Crippen LogP contribution in [0.1, 0.15) is 28.0 Å². The fraction of sp³-hybridized carbons (Fsp3) is 0.200. The number of hydrogen-bond donors (Lipinski definition) is 2. The average molecular weight is 207 g/mol. The van der Waals surface area contributed by atoms with Crippen LogP contribution in [0.15, 0.2) is 16.5 Å². The van der Waals surface area contributed by atoms with Gasteiger partial charge in [0.2, 0.25) is 5.76 Å². The lowest BCUT2D eigenvalue weighted by molar-refractivity contribution is 0.0659. The topological polar surface area (TPSA) is 79.5 Å². The molecule has 0 unspecified atom stereocenters. The van der Waals surface area contributed by atoms with Gasteiger partial charge in [0.25, 0.3) is 5.91 Å². The van der Waals surface area contributed by atoms with Gasteiger partial charge in [0.15, 0.2) is 5.76 Å². The van der Waals surface area contributed by atoms with Gasteiger partial charge in [-0.25, -0.2) is 4.79 Å². The fourth-order valence-corrected chi connectivity index (χ4v) is 0.875. The minimum atomic E-state index is -1.21. The van der Waals surface area contributed by atoms with Crippen molar-refractivity contribution in [1.82, 2.24) is 5.32 Å². The first-order valence-electron chi connectivity index (χ1n) is 4.16. The molecule has 0 saturated carbocycles.